The van der Waals surface area contributed by atoms with Gasteiger partial charge in [-0.25, -0.2) is 4.98 Å². The lowest BCUT2D eigenvalue weighted by atomic mass is 10.0. The molecule has 0 aliphatic heterocycles. The van der Waals surface area contributed by atoms with Gasteiger partial charge in [0.05, 0.1) is 0 Å². The van der Waals surface area contributed by atoms with E-state index in [1.165, 1.54) is 11.5 Å². The van der Waals surface area contributed by atoms with E-state index >= 15 is 0 Å². The number of aryl methyl sites for hydroxylation is 1. The number of hydrogen-bond acceptors (Lipinski definition) is 4. The van der Waals surface area contributed by atoms with Crippen LogP contribution < -0.4 is 5.32 Å². The lowest BCUT2D eigenvalue weighted by Crippen LogP contribution is -2.11. The highest BCUT2D eigenvalue weighted by Crippen LogP contribution is 2.20. The predicted octanol–water partition coefficient (Wildman–Crippen LogP) is 3.77. The van der Waals surface area contributed by atoms with Crippen LogP contribution in [0.5, 0.6) is 0 Å². The maximum absolute atomic E-state index is 12.1. The second-order valence-electron chi connectivity index (χ2n) is 4.54. The van der Waals surface area contributed by atoms with Crippen LogP contribution in [0.4, 0.5) is 5.13 Å². The van der Waals surface area contributed by atoms with Gasteiger partial charge in [-0.2, -0.15) is 4.37 Å². The number of rotatable bonds is 3. The van der Waals surface area contributed by atoms with Crippen LogP contribution in [-0.2, 0) is 0 Å². The molecule has 0 unspecified atom stereocenters. The fourth-order valence-electron chi connectivity index (χ4n) is 1.96. The van der Waals surface area contributed by atoms with Crippen molar-refractivity contribution in [3.8, 4) is 11.1 Å². The van der Waals surface area contributed by atoms with Crippen molar-refractivity contribution in [3.63, 3.8) is 0 Å². The lowest BCUT2D eigenvalue weighted by molar-refractivity contribution is 0.102. The van der Waals surface area contributed by atoms with E-state index in [1.54, 1.807) is 6.92 Å². The van der Waals surface area contributed by atoms with Gasteiger partial charge in [0.2, 0.25) is 5.13 Å². The van der Waals surface area contributed by atoms with Crippen molar-refractivity contribution in [1.29, 1.82) is 0 Å². The molecule has 21 heavy (non-hydrogen) atoms. The Morgan fingerprint density at radius 3 is 2.29 bits per heavy atom. The average Bonchev–Trinajstić information content (AvgIpc) is 2.93. The van der Waals surface area contributed by atoms with Gasteiger partial charge in [0.1, 0.15) is 5.82 Å². The smallest absolute Gasteiger partial charge is 0.257 e. The number of anilines is 1. The number of hydrogen-bond donors (Lipinski definition) is 1. The molecule has 1 aromatic heterocycles. The summed E-state index contributed by atoms with van der Waals surface area (Å²) >= 11 is 1.18. The van der Waals surface area contributed by atoms with E-state index in [0.717, 1.165) is 11.1 Å². The largest absolute Gasteiger partial charge is 0.297 e. The Morgan fingerprint density at radius 1 is 1.00 bits per heavy atom. The normalized spacial score (nSPS) is 10.3. The first-order valence-electron chi connectivity index (χ1n) is 6.49. The maximum Gasteiger partial charge on any atom is 0.257 e. The van der Waals surface area contributed by atoms with E-state index in [-0.39, 0.29) is 5.91 Å². The summed E-state index contributed by atoms with van der Waals surface area (Å²) in [5, 5.41) is 3.26. The molecule has 2 aromatic carbocycles. The second-order valence-corrected chi connectivity index (χ2v) is 5.30. The molecule has 0 fully saturated rings. The van der Waals surface area contributed by atoms with Gasteiger partial charge in [-0.05, 0) is 30.2 Å². The predicted molar refractivity (Wildman–Crippen MR) is 84.5 cm³/mol. The Hall–Kier alpha value is -2.53. The van der Waals surface area contributed by atoms with Crippen molar-refractivity contribution in [1.82, 2.24) is 9.36 Å². The van der Waals surface area contributed by atoms with Gasteiger partial charge < -0.3 is 0 Å². The van der Waals surface area contributed by atoms with Crippen LogP contribution >= 0.6 is 11.5 Å². The van der Waals surface area contributed by atoms with Gasteiger partial charge in [0.25, 0.3) is 5.91 Å². The zero-order chi connectivity index (χ0) is 14.7. The zero-order valence-electron chi connectivity index (χ0n) is 11.4. The molecule has 0 aliphatic carbocycles. The minimum Gasteiger partial charge on any atom is -0.297 e. The molecule has 1 N–H and O–H groups in total. The summed E-state index contributed by atoms with van der Waals surface area (Å²) in [6.45, 7) is 1.79. The molecule has 0 radical (unpaired) electrons. The first-order chi connectivity index (χ1) is 10.2. The fraction of sp³-hybridized carbons (Fsp3) is 0.0625. The van der Waals surface area contributed by atoms with Crippen molar-refractivity contribution in [2.45, 2.75) is 6.92 Å². The molecule has 0 saturated carbocycles. The van der Waals surface area contributed by atoms with Gasteiger partial charge in [-0.3, -0.25) is 10.1 Å². The standard InChI is InChI=1S/C16H13N3OS/c1-11-17-16(21-19-11)18-15(20)14-9-7-13(8-10-14)12-5-3-2-4-6-12/h2-10H,1H3,(H,17,18,19,20). The topological polar surface area (TPSA) is 54.9 Å². The highest BCUT2D eigenvalue weighted by atomic mass is 32.1. The van der Waals surface area contributed by atoms with Crippen LogP contribution in [0.25, 0.3) is 11.1 Å². The average molecular weight is 295 g/mol. The minimum absolute atomic E-state index is 0.175. The summed E-state index contributed by atoms with van der Waals surface area (Å²) in [6, 6.07) is 17.6. The molecule has 0 atom stereocenters. The first-order valence-corrected chi connectivity index (χ1v) is 7.27. The van der Waals surface area contributed by atoms with E-state index < -0.39 is 0 Å². The summed E-state index contributed by atoms with van der Waals surface area (Å²) in [5.74, 6) is 0.487. The number of nitrogens with one attached hydrogen (secondary N) is 1. The molecule has 1 heterocycles. The van der Waals surface area contributed by atoms with E-state index in [4.69, 9.17) is 0 Å². The first kappa shape index (κ1) is 13.5. The SMILES string of the molecule is Cc1nsc(NC(=O)c2ccc(-c3ccccc3)cc2)n1. The quantitative estimate of drug-likeness (QED) is 0.800. The Kier molecular flexibility index (Phi) is 3.75. The Bertz CT molecular complexity index is 751. The summed E-state index contributed by atoms with van der Waals surface area (Å²) < 4.78 is 4.03. The van der Waals surface area contributed by atoms with Crippen molar-refractivity contribution < 1.29 is 4.79 Å². The molecule has 1 amide bonds. The maximum atomic E-state index is 12.1. The summed E-state index contributed by atoms with van der Waals surface area (Å²) in [5.41, 5.74) is 2.81. The molecule has 0 aliphatic rings. The Balaban J connectivity index is 1.76. The molecular formula is C16H13N3OS. The monoisotopic (exact) mass is 295 g/mol. The van der Waals surface area contributed by atoms with Crippen LogP contribution in [0.15, 0.2) is 54.6 Å². The number of carbonyl (C=O) groups excluding carboxylic acids is 1. The van der Waals surface area contributed by atoms with Crippen LogP contribution in [0, 0.1) is 6.92 Å². The second kappa shape index (κ2) is 5.85. The van der Waals surface area contributed by atoms with Crippen molar-refractivity contribution in [3.05, 3.63) is 66.0 Å². The molecule has 4 nitrogen and oxygen atoms in total. The number of amides is 1. The highest BCUT2D eigenvalue weighted by molar-refractivity contribution is 7.09. The van der Waals surface area contributed by atoms with Gasteiger partial charge in [-0.1, -0.05) is 42.5 Å². The van der Waals surface area contributed by atoms with E-state index in [2.05, 4.69) is 14.7 Å². The minimum atomic E-state index is -0.175. The number of nitrogens with zero attached hydrogens (tertiary/aromatic N) is 2. The molecular weight excluding hydrogens is 282 g/mol. The number of carbonyl (C=O) groups is 1. The highest BCUT2D eigenvalue weighted by Gasteiger charge is 2.09. The van der Waals surface area contributed by atoms with Crippen LogP contribution in [0.2, 0.25) is 0 Å². The van der Waals surface area contributed by atoms with Gasteiger partial charge in [-0.15, -0.1) is 0 Å². The summed E-state index contributed by atoms with van der Waals surface area (Å²) in [6.07, 6.45) is 0. The molecule has 0 bridgehead atoms. The molecule has 0 saturated heterocycles. The van der Waals surface area contributed by atoms with Crippen LogP contribution in [-0.4, -0.2) is 15.3 Å². The van der Waals surface area contributed by atoms with E-state index in [9.17, 15) is 4.79 Å². The Morgan fingerprint density at radius 2 is 1.67 bits per heavy atom. The third-order valence-corrected chi connectivity index (χ3v) is 3.72. The zero-order valence-corrected chi connectivity index (χ0v) is 12.2. The number of benzene rings is 2. The van der Waals surface area contributed by atoms with Crippen molar-refractivity contribution in [2.75, 3.05) is 5.32 Å². The molecule has 3 rings (SSSR count). The van der Waals surface area contributed by atoms with Gasteiger partial charge in [0, 0.05) is 17.1 Å². The molecule has 5 heteroatoms. The third kappa shape index (κ3) is 3.14. The van der Waals surface area contributed by atoms with Gasteiger partial charge in [0.15, 0.2) is 0 Å². The van der Waals surface area contributed by atoms with Crippen LogP contribution in [0.3, 0.4) is 0 Å². The number of aromatic nitrogens is 2. The summed E-state index contributed by atoms with van der Waals surface area (Å²) in [7, 11) is 0. The van der Waals surface area contributed by atoms with Crippen molar-refractivity contribution in [2.24, 2.45) is 0 Å². The van der Waals surface area contributed by atoms with E-state index in [0.29, 0.717) is 16.5 Å². The summed E-state index contributed by atoms with van der Waals surface area (Å²) in [4.78, 5) is 16.2. The van der Waals surface area contributed by atoms with Gasteiger partial charge >= 0.3 is 0 Å². The van der Waals surface area contributed by atoms with E-state index in [1.807, 2.05) is 54.6 Å². The third-order valence-electron chi connectivity index (χ3n) is 3.00. The van der Waals surface area contributed by atoms with Crippen molar-refractivity contribution >= 4 is 22.6 Å². The van der Waals surface area contributed by atoms with Crippen LogP contribution in [0.1, 0.15) is 16.2 Å². The lowest BCUT2D eigenvalue weighted by Gasteiger charge is -2.04. The molecule has 104 valence electrons. The fourth-order valence-corrected chi connectivity index (χ4v) is 2.53. The Labute approximate surface area is 126 Å². The molecule has 0 spiro atoms. The molecule has 3 aromatic rings.